The molecular formula is C13H21NO4S. The highest BCUT2D eigenvalue weighted by atomic mass is 32.2. The Morgan fingerprint density at radius 2 is 1.68 bits per heavy atom. The lowest BCUT2D eigenvalue weighted by atomic mass is 9.95. The van der Waals surface area contributed by atoms with Gasteiger partial charge in [0.05, 0.1) is 14.2 Å². The van der Waals surface area contributed by atoms with Crippen LogP contribution in [0.5, 0.6) is 11.5 Å². The van der Waals surface area contributed by atoms with Crippen molar-refractivity contribution in [2.75, 3.05) is 20.5 Å². The summed E-state index contributed by atoms with van der Waals surface area (Å²) in [5.41, 5.74) is 6.38. The minimum atomic E-state index is -3.37. The highest BCUT2D eigenvalue weighted by molar-refractivity contribution is 7.90. The van der Waals surface area contributed by atoms with Crippen LogP contribution in [0, 0.1) is 0 Å². The molecule has 0 fully saturated rings. The van der Waals surface area contributed by atoms with Crippen molar-refractivity contribution in [1.29, 1.82) is 0 Å². The van der Waals surface area contributed by atoms with Gasteiger partial charge in [0.1, 0.15) is 4.90 Å². The van der Waals surface area contributed by atoms with Crippen LogP contribution in [0.3, 0.4) is 0 Å². The van der Waals surface area contributed by atoms with Crippen molar-refractivity contribution in [2.24, 2.45) is 5.73 Å². The van der Waals surface area contributed by atoms with Gasteiger partial charge in [-0.1, -0.05) is 6.07 Å². The van der Waals surface area contributed by atoms with Gasteiger partial charge in [0, 0.05) is 11.8 Å². The van der Waals surface area contributed by atoms with Gasteiger partial charge in [0.2, 0.25) is 0 Å². The van der Waals surface area contributed by atoms with E-state index in [1.54, 1.807) is 6.07 Å². The van der Waals surface area contributed by atoms with Crippen LogP contribution in [0.4, 0.5) is 0 Å². The summed E-state index contributed by atoms with van der Waals surface area (Å²) in [5, 5.41) is 0. The van der Waals surface area contributed by atoms with Gasteiger partial charge in [0.15, 0.2) is 21.3 Å². The third-order valence-corrected chi connectivity index (χ3v) is 3.73. The molecule has 0 aliphatic rings. The highest BCUT2D eigenvalue weighted by Crippen LogP contribution is 2.38. The number of hydrogen-bond donors (Lipinski definition) is 1. The summed E-state index contributed by atoms with van der Waals surface area (Å²) in [5.74, 6) is 0.649. The zero-order valence-corrected chi connectivity index (χ0v) is 12.8. The summed E-state index contributed by atoms with van der Waals surface area (Å²) in [7, 11) is -0.471. The average molecular weight is 287 g/mol. The summed E-state index contributed by atoms with van der Waals surface area (Å²) >= 11 is 0. The quantitative estimate of drug-likeness (QED) is 0.885. The Morgan fingerprint density at radius 3 is 2.05 bits per heavy atom. The van der Waals surface area contributed by atoms with E-state index < -0.39 is 15.4 Å². The van der Waals surface area contributed by atoms with Gasteiger partial charge < -0.3 is 15.2 Å². The first-order valence-corrected chi connectivity index (χ1v) is 7.72. The van der Waals surface area contributed by atoms with Gasteiger partial charge in [-0.15, -0.1) is 0 Å². The Balaban J connectivity index is 3.48. The third-order valence-electron chi connectivity index (χ3n) is 2.61. The maximum Gasteiger partial charge on any atom is 0.179 e. The second-order valence-electron chi connectivity index (χ2n) is 5.23. The maximum absolute atomic E-state index is 11.7. The fraction of sp³-hybridized carbons (Fsp3) is 0.538. The summed E-state index contributed by atoms with van der Waals surface area (Å²) in [6.07, 6.45) is 1.69. The van der Waals surface area contributed by atoms with Gasteiger partial charge in [-0.05, 0) is 31.9 Å². The van der Waals surface area contributed by atoms with Crippen LogP contribution < -0.4 is 15.2 Å². The number of rotatable bonds is 5. The second-order valence-corrected chi connectivity index (χ2v) is 7.21. The number of ether oxygens (including phenoxy) is 2. The van der Waals surface area contributed by atoms with Crippen LogP contribution in [0.25, 0.3) is 0 Å². The van der Waals surface area contributed by atoms with Crippen LogP contribution in [0.1, 0.15) is 19.4 Å². The first-order chi connectivity index (χ1) is 8.60. The van der Waals surface area contributed by atoms with Gasteiger partial charge >= 0.3 is 0 Å². The second kappa shape index (κ2) is 5.38. The summed E-state index contributed by atoms with van der Waals surface area (Å²) in [6, 6.07) is 3.24. The van der Waals surface area contributed by atoms with Crippen molar-refractivity contribution in [3.05, 3.63) is 17.7 Å². The molecule has 2 N–H and O–H groups in total. The minimum Gasteiger partial charge on any atom is -0.493 e. The van der Waals surface area contributed by atoms with E-state index in [0.717, 1.165) is 11.8 Å². The molecule has 0 amide bonds. The molecule has 1 rings (SSSR count). The summed E-state index contributed by atoms with van der Waals surface area (Å²) < 4.78 is 33.9. The number of hydrogen-bond acceptors (Lipinski definition) is 5. The van der Waals surface area contributed by atoms with Crippen LogP contribution in [0.2, 0.25) is 0 Å². The van der Waals surface area contributed by atoms with Gasteiger partial charge in [-0.3, -0.25) is 0 Å². The van der Waals surface area contributed by atoms with E-state index in [1.807, 2.05) is 13.8 Å². The third kappa shape index (κ3) is 3.84. The molecule has 0 saturated heterocycles. The molecule has 0 unspecified atom stereocenters. The first-order valence-electron chi connectivity index (χ1n) is 5.83. The fourth-order valence-electron chi connectivity index (χ4n) is 1.92. The molecule has 0 aliphatic carbocycles. The molecule has 0 bridgehead atoms. The highest BCUT2D eigenvalue weighted by Gasteiger charge is 2.23. The van der Waals surface area contributed by atoms with Gasteiger partial charge in [0.25, 0.3) is 0 Å². The van der Waals surface area contributed by atoms with E-state index in [1.165, 1.54) is 20.3 Å². The SMILES string of the molecule is COc1c(CC(C)(C)N)ccc(S(C)(=O)=O)c1OC. The lowest BCUT2D eigenvalue weighted by Gasteiger charge is -2.22. The van der Waals surface area contributed by atoms with Crippen molar-refractivity contribution >= 4 is 9.84 Å². The average Bonchev–Trinajstić information content (AvgIpc) is 2.24. The van der Waals surface area contributed by atoms with E-state index in [2.05, 4.69) is 0 Å². The van der Waals surface area contributed by atoms with Crippen molar-refractivity contribution in [3.8, 4) is 11.5 Å². The van der Waals surface area contributed by atoms with E-state index in [-0.39, 0.29) is 10.6 Å². The smallest absolute Gasteiger partial charge is 0.179 e. The van der Waals surface area contributed by atoms with Crippen LogP contribution in [0.15, 0.2) is 17.0 Å². The Labute approximate surface area is 114 Å². The van der Waals surface area contributed by atoms with Crippen molar-refractivity contribution in [3.63, 3.8) is 0 Å². The van der Waals surface area contributed by atoms with Crippen molar-refractivity contribution in [1.82, 2.24) is 0 Å². The molecule has 0 heterocycles. The van der Waals surface area contributed by atoms with Crippen molar-refractivity contribution in [2.45, 2.75) is 30.7 Å². The topological polar surface area (TPSA) is 78.6 Å². The molecule has 108 valence electrons. The molecule has 19 heavy (non-hydrogen) atoms. The first kappa shape index (κ1) is 15.8. The zero-order chi connectivity index (χ0) is 14.8. The largest absolute Gasteiger partial charge is 0.493 e. The predicted molar refractivity (Wildman–Crippen MR) is 74.6 cm³/mol. The molecule has 6 heteroatoms. The molecule has 1 aromatic rings. The number of benzene rings is 1. The Bertz CT molecular complexity index is 559. The van der Waals surface area contributed by atoms with Crippen molar-refractivity contribution < 1.29 is 17.9 Å². The van der Waals surface area contributed by atoms with Gasteiger partial charge in [-0.25, -0.2) is 8.42 Å². The molecule has 0 spiro atoms. The molecule has 1 aromatic carbocycles. The normalized spacial score (nSPS) is 12.3. The predicted octanol–water partition coefficient (Wildman–Crippen LogP) is 1.39. The lowest BCUT2D eigenvalue weighted by Crippen LogP contribution is -2.34. The van der Waals surface area contributed by atoms with Crippen LogP contribution in [-0.4, -0.2) is 34.4 Å². The Hall–Kier alpha value is -1.27. The number of sulfone groups is 1. The van der Waals surface area contributed by atoms with Crippen LogP contribution in [-0.2, 0) is 16.3 Å². The fourth-order valence-corrected chi connectivity index (χ4v) is 2.75. The van der Waals surface area contributed by atoms with Crippen LogP contribution >= 0.6 is 0 Å². The minimum absolute atomic E-state index is 0.116. The molecule has 0 aromatic heterocycles. The molecule has 0 radical (unpaired) electrons. The molecular weight excluding hydrogens is 266 g/mol. The van der Waals surface area contributed by atoms with Gasteiger partial charge in [-0.2, -0.15) is 0 Å². The summed E-state index contributed by atoms with van der Waals surface area (Å²) in [4.78, 5) is 0.116. The maximum atomic E-state index is 11.7. The molecule has 0 atom stereocenters. The Kier molecular flexibility index (Phi) is 4.47. The zero-order valence-electron chi connectivity index (χ0n) is 12.0. The molecule has 5 nitrogen and oxygen atoms in total. The molecule has 0 saturated carbocycles. The molecule has 0 aliphatic heterocycles. The standard InChI is InChI=1S/C13H21NO4S/c1-13(2,14)8-9-6-7-10(19(5,15)16)12(18-4)11(9)17-3/h6-7H,8,14H2,1-5H3. The summed E-state index contributed by atoms with van der Waals surface area (Å²) in [6.45, 7) is 3.78. The van der Waals surface area contributed by atoms with E-state index in [0.29, 0.717) is 12.2 Å². The lowest BCUT2D eigenvalue weighted by molar-refractivity contribution is 0.341. The Morgan fingerprint density at radius 1 is 1.16 bits per heavy atom. The number of methoxy groups -OCH3 is 2. The number of nitrogens with two attached hydrogens (primary N) is 1. The van der Waals surface area contributed by atoms with E-state index in [4.69, 9.17) is 15.2 Å². The van der Waals surface area contributed by atoms with E-state index >= 15 is 0 Å². The van der Waals surface area contributed by atoms with E-state index in [9.17, 15) is 8.42 Å². The monoisotopic (exact) mass is 287 g/mol.